The fraction of sp³-hybridized carbons (Fsp3) is 0.500. The Labute approximate surface area is 124 Å². The van der Waals surface area contributed by atoms with E-state index < -0.39 is 17.9 Å². The van der Waals surface area contributed by atoms with Crippen molar-refractivity contribution < 1.29 is 19.4 Å². The molecule has 0 spiro atoms. The van der Waals surface area contributed by atoms with Crippen molar-refractivity contribution in [2.45, 2.75) is 39.3 Å². The van der Waals surface area contributed by atoms with Crippen molar-refractivity contribution in [3.63, 3.8) is 0 Å². The predicted octanol–water partition coefficient (Wildman–Crippen LogP) is 2.47. The minimum atomic E-state index is -0.942. The van der Waals surface area contributed by atoms with E-state index in [0.717, 1.165) is 5.56 Å². The van der Waals surface area contributed by atoms with Gasteiger partial charge in [0.15, 0.2) is 0 Å². The third kappa shape index (κ3) is 2.86. The van der Waals surface area contributed by atoms with E-state index in [-0.39, 0.29) is 18.4 Å². The van der Waals surface area contributed by atoms with Crippen LogP contribution in [0.2, 0.25) is 0 Å². The molecule has 0 aliphatic carbocycles. The largest absolute Gasteiger partial charge is 0.494 e. The van der Waals surface area contributed by atoms with E-state index in [0.29, 0.717) is 12.4 Å². The van der Waals surface area contributed by atoms with Crippen molar-refractivity contribution in [3.05, 3.63) is 29.8 Å². The molecule has 1 aliphatic heterocycles. The highest BCUT2D eigenvalue weighted by molar-refractivity contribution is 5.87. The number of carboxylic acids is 1. The van der Waals surface area contributed by atoms with E-state index in [2.05, 4.69) is 0 Å². The molecule has 2 rings (SSSR count). The Balaban J connectivity index is 2.50. The van der Waals surface area contributed by atoms with Crippen LogP contribution in [0.5, 0.6) is 5.75 Å². The monoisotopic (exact) mass is 291 g/mol. The number of carboxylic acid groups (broad SMARTS) is 1. The summed E-state index contributed by atoms with van der Waals surface area (Å²) in [5, 5.41) is 9.46. The average Bonchev–Trinajstić information content (AvgIpc) is 2.77. The maximum Gasteiger partial charge on any atom is 0.309 e. The fourth-order valence-corrected chi connectivity index (χ4v) is 2.96. The van der Waals surface area contributed by atoms with Crippen molar-refractivity contribution in [2.75, 3.05) is 6.61 Å². The Kier molecular flexibility index (Phi) is 4.50. The van der Waals surface area contributed by atoms with Crippen LogP contribution in [0, 0.1) is 5.92 Å². The molecule has 21 heavy (non-hydrogen) atoms. The van der Waals surface area contributed by atoms with Crippen LogP contribution in [0.25, 0.3) is 0 Å². The van der Waals surface area contributed by atoms with Crippen LogP contribution in [-0.4, -0.2) is 34.5 Å². The molecule has 0 aromatic heterocycles. The summed E-state index contributed by atoms with van der Waals surface area (Å²) in [4.78, 5) is 25.4. The zero-order valence-corrected chi connectivity index (χ0v) is 12.6. The van der Waals surface area contributed by atoms with E-state index in [4.69, 9.17) is 4.74 Å². The summed E-state index contributed by atoms with van der Waals surface area (Å²) in [6.45, 7) is 6.18. The summed E-state index contributed by atoms with van der Waals surface area (Å²) in [6, 6.07) is 6.83. The van der Waals surface area contributed by atoms with Crippen molar-refractivity contribution in [1.82, 2.24) is 4.90 Å². The summed E-state index contributed by atoms with van der Waals surface area (Å²) in [5.41, 5.74) is 0.770. The summed E-state index contributed by atoms with van der Waals surface area (Å²) < 4.78 is 5.61. The van der Waals surface area contributed by atoms with E-state index in [9.17, 15) is 14.7 Å². The molecule has 1 fully saturated rings. The van der Waals surface area contributed by atoms with E-state index in [1.165, 1.54) is 0 Å². The van der Waals surface area contributed by atoms with E-state index in [1.807, 2.05) is 45.0 Å². The number of ether oxygens (including phenoxy) is 1. The highest BCUT2D eigenvalue weighted by Crippen LogP contribution is 2.42. The van der Waals surface area contributed by atoms with Gasteiger partial charge in [-0.05, 0) is 26.8 Å². The first-order valence-electron chi connectivity index (χ1n) is 7.23. The number of hydrogen-bond acceptors (Lipinski definition) is 3. The average molecular weight is 291 g/mol. The van der Waals surface area contributed by atoms with Crippen molar-refractivity contribution in [2.24, 2.45) is 5.92 Å². The zero-order chi connectivity index (χ0) is 15.6. The van der Waals surface area contributed by atoms with Gasteiger partial charge >= 0.3 is 5.97 Å². The molecule has 114 valence electrons. The van der Waals surface area contributed by atoms with Crippen LogP contribution in [0.15, 0.2) is 24.3 Å². The number of benzene rings is 1. The molecule has 5 nitrogen and oxygen atoms in total. The standard InChI is InChI=1S/C16H21NO4/c1-4-21-13-8-6-5-7-11(13)15-12(16(19)20)9-14(18)17(15)10(2)3/h5-8,10,12,15H,4,9H2,1-3H3,(H,19,20). The van der Waals surface area contributed by atoms with Crippen LogP contribution in [-0.2, 0) is 9.59 Å². The molecular formula is C16H21NO4. The lowest BCUT2D eigenvalue weighted by Gasteiger charge is -2.31. The van der Waals surface area contributed by atoms with Gasteiger partial charge in [-0.1, -0.05) is 18.2 Å². The first kappa shape index (κ1) is 15.4. The molecule has 2 unspecified atom stereocenters. The van der Waals surface area contributed by atoms with Gasteiger partial charge in [-0.2, -0.15) is 0 Å². The first-order chi connectivity index (χ1) is 9.97. The SMILES string of the molecule is CCOc1ccccc1C1C(C(=O)O)CC(=O)N1C(C)C. The highest BCUT2D eigenvalue weighted by Gasteiger charge is 2.46. The number of para-hydroxylation sites is 1. The van der Waals surface area contributed by atoms with Crippen LogP contribution in [0.1, 0.15) is 38.8 Å². The lowest BCUT2D eigenvalue weighted by atomic mass is 9.92. The number of amides is 1. The molecule has 1 N–H and O–H groups in total. The topological polar surface area (TPSA) is 66.8 Å². The molecule has 2 atom stereocenters. The number of carbonyl (C=O) groups is 2. The van der Waals surface area contributed by atoms with Crippen LogP contribution in [0.3, 0.4) is 0 Å². The second-order valence-corrected chi connectivity index (χ2v) is 5.46. The van der Waals surface area contributed by atoms with Gasteiger partial charge in [0.1, 0.15) is 5.75 Å². The fourth-order valence-electron chi connectivity index (χ4n) is 2.96. The Bertz CT molecular complexity index is 541. The number of aliphatic carboxylic acids is 1. The quantitative estimate of drug-likeness (QED) is 0.905. The van der Waals surface area contributed by atoms with Gasteiger partial charge in [0.2, 0.25) is 5.91 Å². The second kappa shape index (κ2) is 6.16. The maximum atomic E-state index is 12.2. The molecule has 1 heterocycles. The van der Waals surface area contributed by atoms with Crippen molar-refractivity contribution >= 4 is 11.9 Å². The Morgan fingerprint density at radius 2 is 2.10 bits per heavy atom. The number of likely N-dealkylation sites (tertiary alicyclic amines) is 1. The molecule has 0 radical (unpaired) electrons. The number of nitrogens with zero attached hydrogens (tertiary/aromatic N) is 1. The molecule has 0 bridgehead atoms. The summed E-state index contributed by atoms with van der Waals surface area (Å²) in [7, 11) is 0. The molecule has 5 heteroatoms. The Morgan fingerprint density at radius 1 is 1.43 bits per heavy atom. The van der Waals surface area contributed by atoms with Gasteiger partial charge < -0.3 is 14.7 Å². The summed E-state index contributed by atoms with van der Waals surface area (Å²) in [6.07, 6.45) is 0.0403. The predicted molar refractivity (Wildman–Crippen MR) is 78.1 cm³/mol. The normalized spacial score (nSPS) is 21.9. The molecule has 1 aromatic carbocycles. The molecule has 1 saturated heterocycles. The Morgan fingerprint density at radius 3 is 2.67 bits per heavy atom. The summed E-state index contributed by atoms with van der Waals surface area (Å²) in [5.74, 6) is -1.14. The molecule has 1 aliphatic rings. The first-order valence-corrected chi connectivity index (χ1v) is 7.23. The molecule has 1 amide bonds. The molecule has 0 saturated carbocycles. The Hall–Kier alpha value is -2.04. The number of carbonyl (C=O) groups excluding carboxylic acids is 1. The molecular weight excluding hydrogens is 270 g/mol. The molecule has 1 aromatic rings. The van der Waals surface area contributed by atoms with Gasteiger partial charge in [0.05, 0.1) is 18.6 Å². The van der Waals surface area contributed by atoms with Crippen LogP contribution < -0.4 is 4.74 Å². The van der Waals surface area contributed by atoms with Gasteiger partial charge in [-0.25, -0.2) is 0 Å². The van der Waals surface area contributed by atoms with Gasteiger partial charge in [0.25, 0.3) is 0 Å². The second-order valence-electron chi connectivity index (χ2n) is 5.46. The number of rotatable bonds is 5. The van der Waals surface area contributed by atoms with E-state index in [1.54, 1.807) is 4.90 Å². The minimum absolute atomic E-state index is 0.0403. The van der Waals surface area contributed by atoms with Gasteiger partial charge in [-0.3, -0.25) is 9.59 Å². The van der Waals surface area contributed by atoms with Crippen molar-refractivity contribution in [1.29, 1.82) is 0 Å². The lowest BCUT2D eigenvalue weighted by Crippen LogP contribution is -2.36. The smallest absolute Gasteiger partial charge is 0.309 e. The van der Waals surface area contributed by atoms with Gasteiger partial charge in [-0.15, -0.1) is 0 Å². The van der Waals surface area contributed by atoms with Crippen LogP contribution in [0.4, 0.5) is 0 Å². The van der Waals surface area contributed by atoms with E-state index >= 15 is 0 Å². The maximum absolute atomic E-state index is 12.2. The van der Waals surface area contributed by atoms with Gasteiger partial charge in [0, 0.05) is 18.0 Å². The minimum Gasteiger partial charge on any atom is -0.494 e. The summed E-state index contributed by atoms with van der Waals surface area (Å²) >= 11 is 0. The van der Waals surface area contributed by atoms with Crippen molar-refractivity contribution in [3.8, 4) is 5.75 Å². The number of hydrogen-bond donors (Lipinski definition) is 1. The zero-order valence-electron chi connectivity index (χ0n) is 12.6. The third-order valence-corrected chi connectivity index (χ3v) is 3.77. The highest BCUT2D eigenvalue weighted by atomic mass is 16.5. The third-order valence-electron chi connectivity index (χ3n) is 3.77. The lowest BCUT2D eigenvalue weighted by molar-refractivity contribution is -0.142. The van der Waals surface area contributed by atoms with Crippen LogP contribution >= 0.6 is 0 Å².